The molecule has 13 rings (SSSR count). The summed E-state index contributed by atoms with van der Waals surface area (Å²) in [5.74, 6) is 1.97. The zero-order chi connectivity index (χ0) is 38.6. The van der Waals surface area contributed by atoms with Crippen molar-refractivity contribution in [2.45, 2.75) is 0 Å². The molecule has 0 spiro atoms. The highest BCUT2D eigenvalue weighted by Gasteiger charge is 2.22. The van der Waals surface area contributed by atoms with E-state index >= 15 is 0 Å². The standard InChI is InChI=1S/C53H30N4S2/c1-2-15-33-28-45-41(27-32(33)14-1)36-18-5-8-23-44(36)57(45)34-29-42-37-19-6-9-24-46(37)59-50(42)43(30-34)53-55-51(38-21-11-16-31-13-3-4-17-35(31)38)54-52(56-53)40-22-12-26-48-49(40)39-20-7-10-25-47(39)58-48/h1-30H. The van der Waals surface area contributed by atoms with E-state index < -0.39 is 0 Å². The molecular weight excluding hydrogens is 757 g/mol. The molecule has 0 fully saturated rings. The molecule has 0 unspecified atom stereocenters. The highest BCUT2D eigenvalue weighted by Crippen LogP contribution is 2.45. The zero-order valence-electron chi connectivity index (χ0n) is 31.4. The van der Waals surface area contributed by atoms with Crippen molar-refractivity contribution in [3.05, 3.63) is 182 Å². The van der Waals surface area contributed by atoms with Crippen molar-refractivity contribution < 1.29 is 0 Å². The van der Waals surface area contributed by atoms with Gasteiger partial charge in [-0.2, -0.15) is 0 Å². The van der Waals surface area contributed by atoms with Crippen molar-refractivity contribution in [1.82, 2.24) is 19.5 Å². The van der Waals surface area contributed by atoms with E-state index in [1.807, 2.05) is 11.3 Å². The van der Waals surface area contributed by atoms with E-state index in [1.165, 1.54) is 62.7 Å². The van der Waals surface area contributed by atoms with Gasteiger partial charge in [0.25, 0.3) is 0 Å². The number of fused-ring (bicyclic) bond motifs is 11. The topological polar surface area (TPSA) is 43.6 Å². The molecule has 0 saturated heterocycles. The van der Waals surface area contributed by atoms with Gasteiger partial charge in [-0.3, -0.25) is 0 Å². The molecular formula is C53H30N4S2. The van der Waals surface area contributed by atoms with Gasteiger partial charge in [0, 0.05) is 73.5 Å². The fraction of sp³-hybridized carbons (Fsp3) is 0. The van der Waals surface area contributed by atoms with Crippen molar-refractivity contribution >= 4 is 106 Å². The van der Waals surface area contributed by atoms with E-state index in [-0.39, 0.29) is 0 Å². The molecule has 9 aromatic carbocycles. The molecule has 4 heterocycles. The first-order chi connectivity index (χ1) is 29.2. The van der Waals surface area contributed by atoms with Gasteiger partial charge in [-0.05, 0) is 70.1 Å². The number of benzene rings is 9. The summed E-state index contributed by atoms with van der Waals surface area (Å²) in [5, 5.41) is 11.9. The molecule has 0 bridgehead atoms. The molecule has 0 aliphatic heterocycles. The smallest absolute Gasteiger partial charge is 0.165 e. The van der Waals surface area contributed by atoms with E-state index in [0.29, 0.717) is 17.5 Å². The van der Waals surface area contributed by atoms with Gasteiger partial charge in [0.05, 0.1) is 11.0 Å². The van der Waals surface area contributed by atoms with Gasteiger partial charge in [0.2, 0.25) is 0 Å². The lowest BCUT2D eigenvalue weighted by molar-refractivity contribution is 1.08. The molecule has 0 saturated carbocycles. The number of aromatic nitrogens is 4. The highest BCUT2D eigenvalue weighted by molar-refractivity contribution is 7.26. The second kappa shape index (κ2) is 12.6. The number of para-hydroxylation sites is 1. The third-order valence-electron chi connectivity index (χ3n) is 11.8. The summed E-state index contributed by atoms with van der Waals surface area (Å²) < 4.78 is 7.27. The van der Waals surface area contributed by atoms with Crippen LogP contribution >= 0.6 is 22.7 Å². The summed E-state index contributed by atoms with van der Waals surface area (Å²) in [6, 6.07) is 65.5. The summed E-state index contributed by atoms with van der Waals surface area (Å²) >= 11 is 3.61. The Morgan fingerprint density at radius 1 is 0.339 bits per heavy atom. The Kier molecular flexibility index (Phi) is 7.02. The Labute approximate surface area is 345 Å². The minimum atomic E-state index is 0.652. The molecule has 59 heavy (non-hydrogen) atoms. The summed E-state index contributed by atoms with van der Waals surface area (Å²) in [6.07, 6.45) is 0. The van der Waals surface area contributed by atoms with E-state index in [0.717, 1.165) is 43.4 Å². The minimum Gasteiger partial charge on any atom is -0.309 e. The van der Waals surface area contributed by atoms with Crippen LogP contribution in [0.3, 0.4) is 0 Å². The van der Waals surface area contributed by atoms with Crippen molar-refractivity contribution in [1.29, 1.82) is 0 Å². The molecule has 13 aromatic rings. The minimum absolute atomic E-state index is 0.652. The summed E-state index contributed by atoms with van der Waals surface area (Å²) in [7, 11) is 0. The van der Waals surface area contributed by atoms with Crippen LogP contribution in [0.25, 0.3) is 124 Å². The SMILES string of the molecule is c1ccc2cc3c(cc2c1)c1ccccc1n3-c1cc(-c2nc(-c3cccc4ccccc34)nc(-c3cccc4sc5ccccc5c34)n2)c2sc3ccccc3c2c1. The monoisotopic (exact) mass is 786 g/mol. The number of thiophene rings is 2. The molecule has 4 nitrogen and oxygen atoms in total. The highest BCUT2D eigenvalue weighted by atomic mass is 32.1. The molecule has 0 aliphatic carbocycles. The maximum Gasteiger partial charge on any atom is 0.165 e. The molecule has 0 amide bonds. The van der Waals surface area contributed by atoms with Crippen LogP contribution in [0.1, 0.15) is 0 Å². The van der Waals surface area contributed by atoms with Gasteiger partial charge in [0.15, 0.2) is 17.5 Å². The van der Waals surface area contributed by atoms with E-state index in [9.17, 15) is 0 Å². The van der Waals surface area contributed by atoms with Gasteiger partial charge in [-0.1, -0.05) is 133 Å². The number of rotatable bonds is 4. The Morgan fingerprint density at radius 3 is 1.75 bits per heavy atom. The third kappa shape index (κ3) is 4.97. The van der Waals surface area contributed by atoms with Crippen molar-refractivity contribution in [3.8, 4) is 39.9 Å². The maximum atomic E-state index is 5.50. The first-order valence-corrected chi connectivity index (χ1v) is 21.4. The number of nitrogens with zero attached hydrogens (tertiary/aromatic N) is 4. The predicted octanol–water partition coefficient (Wildman–Crippen LogP) is 15.0. The van der Waals surface area contributed by atoms with Gasteiger partial charge in [0.1, 0.15) is 0 Å². The van der Waals surface area contributed by atoms with Crippen LogP contribution in [-0.4, -0.2) is 19.5 Å². The average molecular weight is 787 g/mol. The van der Waals surface area contributed by atoms with Crippen molar-refractivity contribution in [3.63, 3.8) is 0 Å². The van der Waals surface area contributed by atoms with Crippen LogP contribution in [-0.2, 0) is 0 Å². The summed E-state index contributed by atoms with van der Waals surface area (Å²) in [5.41, 5.74) is 6.36. The Morgan fingerprint density at radius 2 is 0.915 bits per heavy atom. The Balaban J connectivity index is 1.16. The van der Waals surface area contributed by atoms with Crippen molar-refractivity contribution in [2.24, 2.45) is 0 Å². The number of hydrogen-bond donors (Lipinski definition) is 0. The maximum absolute atomic E-state index is 5.50. The second-order valence-electron chi connectivity index (χ2n) is 15.1. The lowest BCUT2D eigenvalue weighted by Gasteiger charge is -2.14. The molecule has 0 atom stereocenters. The Hall–Kier alpha value is -7.25. The fourth-order valence-corrected chi connectivity index (χ4v) is 11.5. The van der Waals surface area contributed by atoms with Crippen molar-refractivity contribution in [2.75, 3.05) is 0 Å². The molecule has 0 N–H and O–H groups in total. The van der Waals surface area contributed by atoms with Crippen LogP contribution in [0.15, 0.2) is 182 Å². The summed E-state index contributed by atoms with van der Waals surface area (Å²) in [4.78, 5) is 16.3. The lowest BCUT2D eigenvalue weighted by atomic mass is 10.0. The van der Waals surface area contributed by atoms with E-state index in [4.69, 9.17) is 15.0 Å². The van der Waals surface area contributed by atoms with E-state index in [2.05, 4.69) is 187 Å². The summed E-state index contributed by atoms with van der Waals surface area (Å²) in [6.45, 7) is 0. The largest absolute Gasteiger partial charge is 0.309 e. The van der Waals surface area contributed by atoms with Crippen LogP contribution < -0.4 is 0 Å². The quantitative estimate of drug-likeness (QED) is 0.178. The third-order valence-corrected chi connectivity index (χ3v) is 14.2. The van der Waals surface area contributed by atoms with Gasteiger partial charge in [-0.15, -0.1) is 22.7 Å². The van der Waals surface area contributed by atoms with Crippen LogP contribution in [0.4, 0.5) is 0 Å². The van der Waals surface area contributed by atoms with E-state index in [1.54, 1.807) is 11.3 Å². The zero-order valence-corrected chi connectivity index (χ0v) is 33.1. The molecule has 4 aromatic heterocycles. The number of hydrogen-bond acceptors (Lipinski definition) is 5. The van der Waals surface area contributed by atoms with Crippen LogP contribution in [0, 0.1) is 0 Å². The molecule has 0 radical (unpaired) electrons. The molecule has 0 aliphatic rings. The van der Waals surface area contributed by atoms with Crippen LogP contribution in [0.5, 0.6) is 0 Å². The first kappa shape index (κ1) is 32.8. The predicted molar refractivity (Wildman–Crippen MR) is 251 cm³/mol. The van der Waals surface area contributed by atoms with Crippen LogP contribution in [0.2, 0.25) is 0 Å². The normalized spacial score (nSPS) is 12.1. The Bertz CT molecular complexity index is 3870. The molecule has 274 valence electrons. The first-order valence-electron chi connectivity index (χ1n) is 19.8. The molecule has 6 heteroatoms. The van der Waals surface area contributed by atoms with Gasteiger partial charge < -0.3 is 4.57 Å². The fourth-order valence-electron chi connectivity index (χ4n) is 9.16. The van der Waals surface area contributed by atoms with Gasteiger partial charge >= 0.3 is 0 Å². The second-order valence-corrected chi connectivity index (χ2v) is 17.3. The average Bonchev–Trinajstić information content (AvgIpc) is 3.97. The van der Waals surface area contributed by atoms with Gasteiger partial charge in [-0.25, -0.2) is 15.0 Å². The lowest BCUT2D eigenvalue weighted by Crippen LogP contribution is -2.02.